The largest absolute Gasteiger partial charge is 0.382 e. The van der Waals surface area contributed by atoms with E-state index in [0.717, 1.165) is 11.1 Å². The molecule has 4 rings (SSSR count). The maximum Gasteiger partial charge on any atom is 0.271 e. The van der Waals surface area contributed by atoms with Gasteiger partial charge in [0.15, 0.2) is 23.9 Å². The van der Waals surface area contributed by atoms with Gasteiger partial charge in [-0.2, -0.15) is 0 Å². The van der Waals surface area contributed by atoms with Gasteiger partial charge in [-0.1, -0.05) is 24.3 Å². The number of ether oxygens (including phenoxy) is 5. The Balaban J connectivity index is 1.24. The van der Waals surface area contributed by atoms with Gasteiger partial charge < -0.3 is 38.5 Å². The van der Waals surface area contributed by atoms with Gasteiger partial charge in [0.2, 0.25) is 0 Å². The summed E-state index contributed by atoms with van der Waals surface area (Å²) >= 11 is 1.56. The van der Waals surface area contributed by atoms with E-state index in [1.54, 1.807) is 18.7 Å². The molecule has 1 saturated heterocycles. The van der Waals surface area contributed by atoms with Crippen LogP contribution in [0.15, 0.2) is 36.9 Å². The van der Waals surface area contributed by atoms with Crippen molar-refractivity contribution in [2.75, 3.05) is 57.9 Å². The van der Waals surface area contributed by atoms with Gasteiger partial charge in [-0.15, -0.1) is 11.8 Å². The fraction of sp³-hybridized carbons (Fsp3) is 0.593. The summed E-state index contributed by atoms with van der Waals surface area (Å²) in [5.41, 5.74) is 8.72. The number of alkyl halides is 1. The second-order valence-corrected chi connectivity index (χ2v) is 12.8. The lowest BCUT2D eigenvalue weighted by atomic mass is 10.1. The Labute approximate surface area is 261 Å². The summed E-state index contributed by atoms with van der Waals surface area (Å²) in [5.74, 6) is 1.21. The zero-order valence-electron chi connectivity index (χ0n) is 25.2. The van der Waals surface area contributed by atoms with E-state index in [4.69, 9.17) is 38.5 Å². The monoisotopic (exact) mass is 655 g/mol. The molecular formula is C27H40BFN5O8PS. The first-order valence-electron chi connectivity index (χ1n) is 14.4. The molecule has 5 atom stereocenters. The number of nitrogens with zero attached hydrogens (tertiary/aromatic N) is 4. The molecule has 1 aliphatic rings. The number of fused-ring (bicyclic) bond motifs is 1. The van der Waals surface area contributed by atoms with Crippen molar-refractivity contribution in [3.05, 3.63) is 48.0 Å². The summed E-state index contributed by atoms with van der Waals surface area (Å²) < 4.78 is 69.2. The second-order valence-electron chi connectivity index (χ2n) is 9.87. The number of benzene rings is 1. The van der Waals surface area contributed by atoms with Crippen molar-refractivity contribution in [2.45, 2.75) is 50.8 Å². The lowest BCUT2D eigenvalue weighted by Gasteiger charge is -2.23. The van der Waals surface area contributed by atoms with Gasteiger partial charge >= 0.3 is 0 Å². The van der Waals surface area contributed by atoms with Crippen molar-refractivity contribution in [3.63, 3.8) is 0 Å². The average molecular weight is 655 g/mol. The number of rotatable bonds is 20. The first-order chi connectivity index (χ1) is 21.3. The maximum absolute atomic E-state index is 15.8. The third-order valence-electron chi connectivity index (χ3n) is 6.56. The minimum Gasteiger partial charge on any atom is -0.382 e. The van der Waals surface area contributed by atoms with Crippen molar-refractivity contribution >= 4 is 43.8 Å². The van der Waals surface area contributed by atoms with Crippen LogP contribution in [0.1, 0.15) is 31.2 Å². The Kier molecular flexibility index (Phi) is 13.8. The Morgan fingerprint density at radius 3 is 2.50 bits per heavy atom. The molecule has 0 radical (unpaired) electrons. The Hall–Kier alpha value is -2.14. The number of anilines is 1. The standard InChI is InChI=1S/C27H40BFN5O8PS/c1-3-36-9-10-37-11-12-38-13-19-5-7-20(8-6-19)15-44-18-39-14-21-24(42-43(28,35)40-4-2)22(29)27(41-21)34-17-33-23-25(30)31-16-32-26(23)34/h5-8,16-17,21-22,24,27H,3-4,9-15,18,28H2,1-2H3,(H2,30,31,32)/t21-,22-,24-,27-,43?/m1/s1. The molecule has 0 spiro atoms. The number of nitrogens with two attached hydrogens (primary N) is 1. The van der Waals surface area contributed by atoms with Crippen LogP contribution in [0.25, 0.3) is 11.2 Å². The molecule has 17 heteroatoms. The van der Waals surface area contributed by atoms with Gasteiger partial charge in [0, 0.05) is 12.4 Å². The summed E-state index contributed by atoms with van der Waals surface area (Å²) in [6.45, 7) is 7.20. The molecule has 3 heterocycles. The predicted molar refractivity (Wildman–Crippen MR) is 167 cm³/mol. The molecule has 1 unspecified atom stereocenters. The van der Waals surface area contributed by atoms with Gasteiger partial charge in [-0.3, -0.25) is 9.13 Å². The third-order valence-corrected chi connectivity index (χ3v) is 8.79. The van der Waals surface area contributed by atoms with Gasteiger partial charge in [0.05, 0.1) is 58.5 Å². The van der Waals surface area contributed by atoms with Crippen LogP contribution in [0.2, 0.25) is 0 Å². The van der Waals surface area contributed by atoms with Crippen LogP contribution >= 0.6 is 19.2 Å². The van der Waals surface area contributed by atoms with E-state index in [-0.39, 0.29) is 19.0 Å². The average Bonchev–Trinajstić information content (AvgIpc) is 3.56. The fourth-order valence-corrected chi connectivity index (χ4v) is 6.46. The predicted octanol–water partition coefficient (Wildman–Crippen LogP) is 3.28. The van der Waals surface area contributed by atoms with E-state index < -0.39 is 32.1 Å². The lowest BCUT2D eigenvalue weighted by Crippen LogP contribution is -2.34. The Morgan fingerprint density at radius 1 is 1.02 bits per heavy atom. The quantitative estimate of drug-likeness (QED) is 0.0822. The maximum atomic E-state index is 15.8. The number of imidazole rings is 1. The summed E-state index contributed by atoms with van der Waals surface area (Å²) in [7, 11) is -2.24. The molecule has 2 aromatic heterocycles. The second kappa shape index (κ2) is 17.5. The van der Waals surface area contributed by atoms with E-state index in [2.05, 4.69) is 15.0 Å². The van der Waals surface area contributed by atoms with E-state index in [9.17, 15) is 4.57 Å². The highest BCUT2D eigenvalue weighted by Crippen LogP contribution is 2.48. The summed E-state index contributed by atoms with van der Waals surface area (Å²) in [5, 5.41) is 0. The van der Waals surface area contributed by atoms with Crippen LogP contribution < -0.4 is 5.73 Å². The minimum absolute atomic E-state index is 0.0100. The first-order valence-corrected chi connectivity index (χ1v) is 17.6. The number of nitrogen functional groups attached to an aromatic ring is 1. The molecule has 13 nitrogen and oxygen atoms in total. The zero-order valence-corrected chi connectivity index (χ0v) is 26.9. The Morgan fingerprint density at radius 2 is 1.75 bits per heavy atom. The minimum atomic E-state index is -3.55. The molecular weight excluding hydrogens is 615 g/mol. The normalized spacial score (nSPS) is 21.6. The highest BCUT2D eigenvalue weighted by atomic mass is 32.2. The molecule has 0 bridgehead atoms. The van der Waals surface area contributed by atoms with E-state index in [1.165, 1.54) is 24.8 Å². The molecule has 1 aromatic carbocycles. The van der Waals surface area contributed by atoms with E-state index >= 15 is 4.39 Å². The summed E-state index contributed by atoms with van der Waals surface area (Å²) in [6, 6.07) is 8.15. The third kappa shape index (κ3) is 9.93. The molecule has 0 aliphatic carbocycles. The molecule has 3 aromatic rings. The van der Waals surface area contributed by atoms with Gasteiger partial charge in [0.25, 0.3) is 15.0 Å². The molecule has 1 fully saturated rings. The molecule has 0 saturated carbocycles. The van der Waals surface area contributed by atoms with Crippen molar-refractivity contribution in [2.24, 2.45) is 0 Å². The number of hydrogen-bond donors (Lipinski definition) is 1. The van der Waals surface area contributed by atoms with Crippen LogP contribution in [0.4, 0.5) is 10.2 Å². The van der Waals surface area contributed by atoms with E-state index in [0.29, 0.717) is 62.5 Å². The highest BCUT2D eigenvalue weighted by Gasteiger charge is 2.49. The van der Waals surface area contributed by atoms with Crippen molar-refractivity contribution < 1.29 is 41.7 Å². The molecule has 44 heavy (non-hydrogen) atoms. The van der Waals surface area contributed by atoms with Crippen LogP contribution in [0, 0.1) is 0 Å². The zero-order chi connectivity index (χ0) is 31.4. The Bertz CT molecular complexity index is 1350. The molecule has 1 aliphatic heterocycles. The SMILES string of the molecule is BP(=O)(OCC)O[C@H]1[C@@H](F)[C@H](n2cnc3c(N)ncnc32)O[C@@H]1COCSCc1ccc(COCCOCCOCC)cc1. The van der Waals surface area contributed by atoms with Crippen molar-refractivity contribution in [3.8, 4) is 0 Å². The van der Waals surface area contributed by atoms with E-state index in [1.807, 2.05) is 31.2 Å². The summed E-state index contributed by atoms with van der Waals surface area (Å²) in [6.07, 6.45) is -2.29. The smallest absolute Gasteiger partial charge is 0.271 e. The molecule has 0 amide bonds. The highest BCUT2D eigenvalue weighted by molar-refractivity contribution is 7.98. The number of thioether (sulfide) groups is 1. The number of halogens is 1. The van der Waals surface area contributed by atoms with Crippen molar-refractivity contribution in [1.29, 1.82) is 0 Å². The fourth-order valence-electron chi connectivity index (χ4n) is 4.51. The first kappa shape index (κ1) is 34.7. The molecule has 242 valence electrons. The van der Waals surface area contributed by atoms with Gasteiger partial charge in [0.1, 0.15) is 24.1 Å². The number of hydrogen-bond acceptors (Lipinski definition) is 13. The van der Waals surface area contributed by atoms with Crippen LogP contribution in [0.3, 0.4) is 0 Å². The topological polar surface area (TPSA) is 151 Å². The molecule has 2 N–H and O–H groups in total. The van der Waals surface area contributed by atoms with Gasteiger partial charge in [-0.25, -0.2) is 19.3 Å². The van der Waals surface area contributed by atoms with Crippen molar-refractivity contribution in [1.82, 2.24) is 19.5 Å². The van der Waals surface area contributed by atoms with Crippen LogP contribution in [-0.4, -0.2) is 97.7 Å². The van der Waals surface area contributed by atoms with Crippen LogP contribution in [0.5, 0.6) is 0 Å². The van der Waals surface area contributed by atoms with Gasteiger partial charge in [-0.05, 0) is 25.0 Å². The number of aromatic nitrogens is 4. The lowest BCUT2D eigenvalue weighted by molar-refractivity contribution is -0.0544. The summed E-state index contributed by atoms with van der Waals surface area (Å²) in [4.78, 5) is 12.3. The van der Waals surface area contributed by atoms with Crippen LogP contribution in [-0.2, 0) is 49.7 Å².